The Morgan fingerprint density at radius 1 is 1.38 bits per heavy atom. The lowest BCUT2D eigenvalue weighted by Gasteiger charge is -2.15. The van der Waals surface area contributed by atoms with Gasteiger partial charge in [-0.15, -0.1) is 21.5 Å². The Morgan fingerprint density at radius 3 is 2.97 bits per heavy atom. The summed E-state index contributed by atoms with van der Waals surface area (Å²) in [6.45, 7) is 1.98. The van der Waals surface area contributed by atoms with Gasteiger partial charge in [0, 0.05) is 5.75 Å². The number of esters is 1. The number of carbonyl (C=O) groups excluding carboxylic acids is 1. The van der Waals surface area contributed by atoms with Crippen molar-refractivity contribution in [2.45, 2.75) is 12.1 Å². The highest BCUT2D eigenvalue weighted by Gasteiger charge is 2.26. The summed E-state index contributed by atoms with van der Waals surface area (Å²) >= 11 is 6.15. The molecule has 6 nitrogen and oxygen atoms in total. The highest BCUT2D eigenvalue weighted by Crippen LogP contribution is 2.31. The van der Waals surface area contributed by atoms with Crippen LogP contribution in [-0.4, -0.2) is 38.9 Å². The smallest absolute Gasteiger partial charge is 0.340 e. The van der Waals surface area contributed by atoms with Crippen LogP contribution in [0.15, 0.2) is 56.0 Å². The molecule has 29 heavy (non-hydrogen) atoms. The summed E-state index contributed by atoms with van der Waals surface area (Å²) in [4.78, 5) is 13.6. The first-order chi connectivity index (χ1) is 14.1. The fourth-order valence-corrected chi connectivity index (χ4v) is 4.57. The average molecular weight is 493 g/mol. The van der Waals surface area contributed by atoms with Crippen LogP contribution in [0.5, 0.6) is 0 Å². The van der Waals surface area contributed by atoms with Gasteiger partial charge in [0.2, 0.25) is 5.16 Å². The molecule has 1 aromatic carbocycles. The number of nitrogens with zero attached hydrogens (tertiary/aromatic N) is 4. The second-order valence-corrected chi connectivity index (χ2v) is 8.63. The third kappa shape index (κ3) is 4.19. The topological polar surface area (TPSA) is 69.4 Å². The van der Waals surface area contributed by atoms with Gasteiger partial charge in [-0.2, -0.15) is 9.78 Å². The fourth-order valence-electron chi connectivity index (χ4n) is 2.66. The number of thioether (sulfide) groups is 1. The highest BCUT2D eigenvalue weighted by atomic mass is 79.9. The van der Waals surface area contributed by atoms with Crippen LogP contribution in [0.1, 0.15) is 12.5 Å². The van der Waals surface area contributed by atoms with E-state index in [-0.39, 0.29) is 12.4 Å². The Hall–Kier alpha value is -2.30. The number of ether oxygens (including phenoxy) is 1. The lowest BCUT2D eigenvalue weighted by molar-refractivity contribution is -0.137. The van der Waals surface area contributed by atoms with Crippen molar-refractivity contribution < 1.29 is 13.9 Å². The number of rotatable bonds is 5. The molecule has 0 fully saturated rings. The first-order valence-corrected chi connectivity index (χ1v) is 11.3. The van der Waals surface area contributed by atoms with Crippen molar-refractivity contribution in [1.29, 1.82) is 0 Å². The van der Waals surface area contributed by atoms with E-state index >= 15 is 0 Å². The van der Waals surface area contributed by atoms with Gasteiger partial charge in [0.25, 0.3) is 0 Å². The van der Waals surface area contributed by atoms with Crippen LogP contribution < -0.4 is 0 Å². The molecule has 0 aliphatic carbocycles. The van der Waals surface area contributed by atoms with Crippen LogP contribution in [0.2, 0.25) is 0 Å². The van der Waals surface area contributed by atoms with Gasteiger partial charge in [-0.25, -0.2) is 9.18 Å². The molecule has 0 atom stereocenters. The van der Waals surface area contributed by atoms with Gasteiger partial charge < -0.3 is 4.74 Å². The molecule has 1 aliphatic heterocycles. The van der Waals surface area contributed by atoms with E-state index in [0.717, 1.165) is 4.88 Å². The number of thiophene rings is 1. The average Bonchev–Trinajstić information content (AvgIpc) is 3.37. The lowest BCUT2D eigenvalue weighted by Crippen LogP contribution is -2.21. The molecule has 0 N–H and O–H groups in total. The van der Waals surface area contributed by atoms with Crippen LogP contribution in [0.3, 0.4) is 0 Å². The molecule has 1 aliphatic rings. The van der Waals surface area contributed by atoms with Crippen LogP contribution >= 0.6 is 39.0 Å². The van der Waals surface area contributed by atoms with Crippen molar-refractivity contribution in [3.63, 3.8) is 0 Å². The third-order valence-electron chi connectivity index (χ3n) is 3.97. The number of aromatic nitrogens is 3. The normalized spacial score (nSPS) is 13.8. The number of hydrogen-bond donors (Lipinski definition) is 0. The lowest BCUT2D eigenvalue weighted by atomic mass is 10.1. The Morgan fingerprint density at radius 2 is 2.24 bits per heavy atom. The first-order valence-electron chi connectivity index (χ1n) is 8.61. The summed E-state index contributed by atoms with van der Waals surface area (Å²) in [6.07, 6.45) is 1.65. The molecule has 148 valence electrons. The maximum Gasteiger partial charge on any atom is 0.340 e. The largest absolute Gasteiger partial charge is 0.462 e. The summed E-state index contributed by atoms with van der Waals surface area (Å²) in [5.74, 6) is 0.198. The van der Waals surface area contributed by atoms with Gasteiger partial charge >= 0.3 is 5.97 Å². The number of hydrogen-bond acceptors (Lipinski definition) is 7. The number of halogens is 2. The second kappa shape index (κ2) is 8.60. The molecule has 0 unspecified atom stereocenters. The van der Waals surface area contributed by atoms with Crippen molar-refractivity contribution >= 4 is 56.8 Å². The highest BCUT2D eigenvalue weighted by molar-refractivity contribution is 9.10. The zero-order valence-corrected chi connectivity index (χ0v) is 18.4. The SMILES string of the molecule is CCOC(=O)/C(=C\c1ccc(F)c(Br)c1)C1=Nn2c(nnc2-c2cccs2)SC1. The Kier molecular flexibility index (Phi) is 5.93. The molecule has 0 spiro atoms. The van der Waals surface area contributed by atoms with E-state index in [1.54, 1.807) is 29.8 Å². The van der Waals surface area contributed by atoms with E-state index in [2.05, 4.69) is 31.2 Å². The second-order valence-electron chi connectivity index (χ2n) is 5.88. The fraction of sp³-hybridized carbons (Fsp3) is 0.158. The van der Waals surface area contributed by atoms with Gasteiger partial charge in [0.15, 0.2) is 5.82 Å². The Labute approximate surface area is 182 Å². The van der Waals surface area contributed by atoms with Crippen molar-refractivity contribution in [1.82, 2.24) is 14.9 Å². The van der Waals surface area contributed by atoms with Crippen LogP contribution in [-0.2, 0) is 9.53 Å². The molecular formula is C19H14BrFN4O2S2. The predicted molar refractivity (Wildman–Crippen MR) is 116 cm³/mol. The molecule has 0 amide bonds. The standard InChI is InChI=1S/C19H14BrFN4O2S2/c1-2-27-18(26)12(8-11-5-6-14(21)13(20)9-11)15-10-29-19-23-22-17(25(19)24-15)16-4-3-7-28-16/h3-9H,2,10H2,1H3/b12-8-. The van der Waals surface area contributed by atoms with Crippen molar-refractivity contribution in [3.05, 3.63) is 57.1 Å². The van der Waals surface area contributed by atoms with Crippen LogP contribution in [0.25, 0.3) is 16.8 Å². The summed E-state index contributed by atoms with van der Waals surface area (Å²) in [5, 5.41) is 15.7. The van der Waals surface area contributed by atoms with E-state index < -0.39 is 5.97 Å². The van der Waals surface area contributed by atoms with Gasteiger partial charge in [-0.1, -0.05) is 23.9 Å². The summed E-state index contributed by atoms with van der Waals surface area (Å²) in [7, 11) is 0. The Bertz CT molecular complexity index is 1130. The summed E-state index contributed by atoms with van der Waals surface area (Å²) in [6, 6.07) is 8.40. The predicted octanol–water partition coefficient (Wildman–Crippen LogP) is 4.86. The molecule has 3 heterocycles. The van der Waals surface area contributed by atoms with Crippen LogP contribution in [0.4, 0.5) is 4.39 Å². The van der Waals surface area contributed by atoms with Gasteiger partial charge in [-0.05, 0) is 58.1 Å². The number of fused-ring (bicyclic) bond motifs is 1. The number of benzene rings is 1. The maximum atomic E-state index is 13.6. The van der Waals surface area contributed by atoms with E-state index in [1.165, 1.54) is 29.2 Å². The zero-order valence-electron chi connectivity index (χ0n) is 15.1. The minimum Gasteiger partial charge on any atom is -0.462 e. The van der Waals surface area contributed by atoms with E-state index in [9.17, 15) is 9.18 Å². The van der Waals surface area contributed by atoms with Gasteiger partial charge in [0.1, 0.15) is 5.82 Å². The molecule has 0 radical (unpaired) electrons. The zero-order chi connectivity index (χ0) is 20.4. The van der Waals surface area contributed by atoms with Crippen molar-refractivity contribution in [2.24, 2.45) is 5.10 Å². The molecule has 0 bridgehead atoms. The molecule has 2 aromatic heterocycles. The van der Waals surface area contributed by atoms with Crippen LogP contribution in [0, 0.1) is 5.82 Å². The van der Waals surface area contributed by atoms with E-state index in [4.69, 9.17) is 4.74 Å². The van der Waals surface area contributed by atoms with E-state index in [1.807, 2.05) is 17.5 Å². The number of carbonyl (C=O) groups is 1. The summed E-state index contributed by atoms with van der Waals surface area (Å²) in [5.41, 5.74) is 1.51. The molecule has 3 aromatic rings. The molecule has 0 saturated carbocycles. The molecule has 0 saturated heterocycles. The maximum absolute atomic E-state index is 13.6. The van der Waals surface area contributed by atoms with E-state index in [0.29, 0.717) is 38.1 Å². The quantitative estimate of drug-likeness (QED) is 0.375. The first kappa shape index (κ1) is 20.0. The minimum absolute atomic E-state index is 0.238. The molecule has 10 heteroatoms. The van der Waals surface area contributed by atoms with Crippen molar-refractivity contribution in [2.75, 3.05) is 12.4 Å². The minimum atomic E-state index is -0.485. The summed E-state index contributed by atoms with van der Waals surface area (Å²) < 4.78 is 20.8. The Balaban J connectivity index is 1.78. The van der Waals surface area contributed by atoms with Crippen molar-refractivity contribution in [3.8, 4) is 10.7 Å². The van der Waals surface area contributed by atoms with Gasteiger partial charge in [0.05, 0.1) is 27.2 Å². The molecular weight excluding hydrogens is 479 g/mol. The monoisotopic (exact) mass is 492 g/mol. The third-order valence-corrected chi connectivity index (χ3v) is 6.38. The molecule has 4 rings (SSSR count). The van der Waals surface area contributed by atoms with Gasteiger partial charge in [-0.3, -0.25) is 0 Å².